The monoisotopic (exact) mass is 412 g/mol. The van der Waals surface area contributed by atoms with E-state index in [0.717, 1.165) is 18.7 Å². The van der Waals surface area contributed by atoms with Gasteiger partial charge in [-0.15, -0.1) is 0 Å². The summed E-state index contributed by atoms with van der Waals surface area (Å²) in [5.41, 5.74) is 2.27. The zero-order valence-corrected chi connectivity index (χ0v) is 18.1. The summed E-state index contributed by atoms with van der Waals surface area (Å²) in [5.74, 6) is 1.62. The Bertz CT molecular complexity index is 806. The van der Waals surface area contributed by atoms with Crippen LogP contribution in [0.25, 0.3) is 0 Å². The number of rotatable bonds is 9. The molecule has 162 valence electrons. The second-order valence-corrected chi connectivity index (χ2v) is 7.60. The van der Waals surface area contributed by atoms with Gasteiger partial charge < -0.3 is 19.5 Å². The third kappa shape index (κ3) is 5.74. The van der Waals surface area contributed by atoms with Crippen molar-refractivity contribution in [3.8, 4) is 11.5 Å². The van der Waals surface area contributed by atoms with E-state index in [1.807, 2.05) is 36.4 Å². The molecule has 2 aromatic carbocycles. The number of carbonyl (C=O) groups excluding carboxylic acids is 1. The second kappa shape index (κ2) is 11.0. The first-order chi connectivity index (χ1) is 14.6. The predicted molar refractivity (Wildman–Crippen MR) is 117 cm³/mol. The lowest BCUT2D eigenvalue weighted by atomic mass is 9.97. The zero-order valence-electron chi connectivity index (χ0n) is 18.1. The Balaban J connectivity index is 1.69. The lowest BCUT2D eigenvalue weighted by molar-refractivity contribution is -0.121. The Hall–Kier alpha value is -2.57. The third-order valence-electron chi connectivity index (χ3n) is 5.63. The van der Waals surface area contributed by atoms with E-state index in [1.165, 1.54) is 5.56 Å². The molecule has 6 nitrogen and oxygen atoms in total. The van der Waals surface area contributed by atoms with E-state index in [0.29, 0.717) is 37.7 Å². The third-order valence-corrected chi connectivity index (χ3v) is 5.63. The highest BCUT2D eigenvalue weighted by Crippen LogP contribution is 2.32. The van der Waals surface area contributed by atoms with Crippen LogP contribution < -0.4 is 14.8 Å². The van der Waals surface area contributed by atoms with Gasteiger partial charge in [-0.05, 0) is 29.2 Å². The van der Waals surface area contributed by atoms with Gasteiger partial charge in [0.1, 0.15) is 0 Å². The molecule has 0 spiro atoms. The molecule has 1 aliphatic rings. The van der Waals surface area contributed by atoms with Gasteiger partial charge in [0.15, 0.2) is 11.5 Å². The summed E-state index contributed by atoms with van der Waals surface area (Å²) in [6.07, 6.45) is 0.464. The van der Waals surface area contributed by atoms with Crippen molar-refractivity contribution in [3.63, 3.8) is 0 Å². The summed E-state index contributed by atoms with van der Waals surface area (Å²) in [4.78, 5) is 15.0. The normalized spacial score (nSPS) is 16.5. The molecule has 2 aromatic rings. The van der Waals surface area contributed by atoms with Crippen LogP contribution in [0.15, 0.2) is 48.5 Å². The first-order valence-corrected chi connectivity index (χ1v) is 10.5. The van der Waals surface area contributed by atoms with Crippen LogP contribution in [0.3, 0.4) is 0 Å². The Morgan fingerprint density at radius 2 is 1.73 bits per heavy atom. The number of methoxy groups -OCH3 is 2. The van der Waals surface area contributed by atoms with Crippen molar-refractivity contribution < 1.29 is 19.0 Å². The Labute approximate surface area is 179 Å². The molecule has 2 atom stereocenters. The smallest absolute Gasteiger partial charge is 0.220 e. The molecule has 6 heteroatoms. The van der Waals surface area contributed by atoms with Gasteiger partial charge in [-0.2, -0.15) is 0 Å². The van der Waals surface area contributed by atoms with E-state index in [9.17, 15) is 4.79 Å². The summed E-state index contributed by atoms with van der Waals surface area (Å²) in [6, 6.07) is 16.1. The molecule has 0 radical (unpaired) electrons. The molecule has 1 heterocycles. The molecule has 1 saturated heterocycles. The number of nitrogens with zero attached hydrogens (tertiary/aromatic N) is 1. The molecule has 3 rings (SSSR count). The first kappa shape index (κ1) is 22.1. The van der Waals surface area contributed by atoms with E-state index in [2.05, 4.69) is 29.3 Å². The minimum atomic E-state index is 0.0460. The highest BCUT2D eigenvalue weighted by atomic mass is 16.5. The lowest BCUT2D eigenvalue weighted by Gasteiger charge is -2.35. The topological polar surface area (TPSA) is 60.0 Å². The van der Waals surface area contributed by atoms with Crippen LogP contribution in [-0.4, -0.2) is 57.9 Å². The summed E-state index contributed by atoms with van der Waals surface area (Å²) in [6.45, 7) is 5.68. The molecular formula is C24H32N2O4. The second-order valence-electron chi connectivity index (χ2n) is 7.60. The molecule has 0 bridgehead atoms. The molecule has 2 unspecified atom stereocenters. The van der Waals surface area contributed by atoms with Crippen molar-refractivity contribution in [2.45, 2.75) is 25.3 Å². The quantitative estimate of drug-likeness (QED) is 0.684. The molecule has 30 heavy (non-hydrogen) atoms. The minimum Gasteiger partial charge on any atom is -0.493 e. The number of benzene rings is 2. The van der Waals surface area contributed by atoms with E-state index in [-0.39, 0.29) is 17.9 Å². The van der Waals surface area contributed by atoms with Gasteiger partial charge in [0.25, 0.3) is 0 Å². The van der Waals surface area contributed by atoms with Gasteiger partial charge in [-0.3, -0.25) is 9.69 Å². The van der Waals surface area contributed by atoms with Crippen molar-refractivity contribution in [2.24, 2.45) is 0 Å². The first-order valence-electron chi connectivity index (χ1n) is 10.5. The van der Waals surface area contributed by atoms with Gasteiger partial charge in [0.2, 0.25) is 5.91 Å². The maximum absolute atomic E-state index is 12.7. The fourth-order valence-electron chi connectivity index (χ4n) is 3.87. The largest absolute Gasteiger partial charge is 0.493 e. The fraction of sp³-hybridized carbons (Fsp3) is 0.458. The SMILES string of the molecule is COc1ccc(C(CNC(=O)CC(C)c2ccccc2)N2CCOCC2)cc1OC. The summed E-state index contributed by atoms with van der Waals surface area (Å²) < 4.78 is 16.4. The van der Waals surface area contributed by atoms with Gasteiger partial charge >= 0.3 is 0 Å². The molecule has 1 aliphatic heterocycles. The van der Waals surface area contributed by atoms with E-state index < -0.39 is 0 Å². The van der Waals surface area contributed by atoms with Crippen LogP contribution in [0.4, 0.5) is 0 Å². The average molecular weight is 413 g/mol. The van der Waals surface area contributed by atoms with Crippen molar-refractivity contribution >= 4 is 5.91 Å². The number of amides is 1. The van der Waals surface area contributed by atoms with Crippen LogP contribution in [0.5, 0.6) is 11.5 Å². The minimum absolute atomic E-state index is 0.0460. The number of hydrogen-bond acceptors (Lipinski definition) is 5. The Morgan fingerprint density at radius 1 is 1.03 bits per heavy atom. The van der Waals surface area contributed by atoms with Crippen LogP contribution in [0.1, 0.15) is 36.4 Å². The molecule has 0 aromatic heterocycles. The number of ether oxygens (including phenoxy) is 3. The van der Waals surface area contributed by atoms with Crippen LogP contribution in [-0.2, 0) is 9.53 Å². The summed E-state index contributed by atoms with van der Waals surface area (Å²) >= 11 is 0. The highest BCUT2D eigenvalue weighted by Gasteiger charge is 2.24. The van der Waals surface area contributed by atoms with Crippen LogP contribution in [0.2, 0.25) is 0 Å². The highest BCUT2D eigenvalue weighted by molar-refractivity contribution is 5.76. The standard InChI is InChI=1S/C24H32N2O4/c1-18(19-7-5-4-6-8-19)15-24(27)25-17-21(26-11-13-30-14-12-26)20-9-10-22(28-2)23(16-20)29-3/h4-10,16,18,21H,11-15,17H2,1-3H3,(H,25,27). The Kier molecular flexibility index (Phi) is 8.11. The molecule has 0 saturated carbocycles. The lowest BCUT2D eigenvalue weighted by Crippen LogP contribution is -2.44. The van der Waals surface area contributed by atoms with E-state index >= 15 is 0 Å². The molecule has 1 N–H and O–H groups in total. The zero-order chi connectivity index (χ0) is 21.3. The number of hydrogen-bond donors (Lipinski definition) is 1. The van der Waals surface area contributed by atoms with E-state index in [4.69, 9.17) is 14.2 Å². The number of nitrogens with one attached hydrogen (secondary N) is 1. The maximum atomic E-state index is 12.7. The van der Waals surface area contributed by atoms with Gasteiger partial charge in [-0.1, -0.05) is 43.3 Å². The number of carbonyl (C=O) groups is 1. The predicted octanol–water partition coefficient (Wildman–Crippen LogP) is 3.39. The van der Waals surface area contributed by atoms with Crippen molar-refractivity contribution in [3.05, 3.63) is 59.7 Å². The summed E-state index contributed by atoms with van der Waals surface area (Å²) in [7, 11) is 3.27. The van der Waals surface area contributed by atoms with Crippen LogP contribution >= 0.6 is 0 Å². The molecule has 1 amide bonds. The van der Waals surface area contributed by atoms with Crippen molar-refractivity contribution in [1.29, 1.82) is 0 Å². The van der Waals surface area contributed by atoms with Gasteiger partial charge in [0.05, 0.1) is 33.5 Å². The number of morpholine rings is 1. The van der Waals surface area contributed by atoms with Crippen LogP contribution in [0, 0.1) is 0 Å². The van der Waals surface area contributed by atoms with Gasteiger partial charge in [-0.25, -0.2) is 0 Å². The molecule has 0 aliphatic carbocycles. The molecule has 1 fully saturated rings. The van der Waals surface area contributed by atoms with Crippen molar-refractivity contribution in [2.75, 3.05) is 47.1 Å². The van der Waals surface area contributed by atoms with Gasteiger partial charge in [0, 0.05) is 26.1 Å². The summed E-state index contributed by atoms with van der Waals surface area (Å²) in [5, 5.41) is 3.15. The average Bonchev–Trinajstić information content (AvgIpc) is 2.80. The fourth-order valence-corrected chi connectivity index (χ4v) is 3.87. The Morgan fingerprint density at radius 3 is 2.40 bits per heavy atom. The molecular weight excluding hydrogens is 380 g/mol. The maximum Gasteiger partial charge on any atom is 0.220 e. The van der Waals surface area contributed by atoms with Crippen molar-refractivity contribution in [1.82, 2.24) is 10.2 Å². The van der Waals surface area contributed by atoms with E-state index in [1.54, 1.807) is 14.2 Å².